The zero-order valence-corrected chi connectivity index (χ0v) is 8.49. The molecule has 0 aliphatic heterocycles. The molecular weight excluding hydrogens is 215 g/mol. The van der Waals surface area contributed by atoms with Gasteiger partial charge >= 0.3 is 6.18 Å². The Kier molecular flexibility index (Phi) is 5.53. The van der Waals surface area contributed by atoms with Crippen LogP contribution in [0, 0.1) is 0 Å². The van der Waals surface area contributed by atoms with E-state index in [-0.39, 0.29) is 5.03 Å². The predicted octanol–water partition coefficient (Wildman–Crippen LogP) is 3.71. The van der Waals surface area contributed by atoms with E-state index in [9.17, 15) is 13.2 Å². The quantitative estimate of drug-likeness (QED) is 0.511. The van der Waals surface area contributed by atoms with Crippen molar-refractivity contribution in [1.29, 1.82) is 0 Å². The molecule has 0 aliphatic rings. The van der Waals surface area contributed by atoms with Gasteiger partial charge in [0, 0.05) is 17.8 Å². The van der Waals surface area contributed by atoms with Crippen LogP contribution in [0.15, 0.2) is 28.3 Å². The van der Waals surface area contributed by atoms with E-state index in [1.54, 1.807) is 0 Å². The number of hydrogen-bond donors (Lipinski definition) is 0. The first-order valence-electron chi connectivity index (χ1n) is 4.01. The molecule has 0 radical (unpaired) electrons. The normalized spacial score (nSPS) is 13.6. The number of nitrogens with zero attached hydrogens (tertiary/aromatic N) is 1. The van der Waals surface area contributed by atoms with Gasteiger partial charge in [-0.25, -0.2) is 0 Å². The summed E-state index contributed by atoms with van der Waals surface area (Å²) in [6.07, 6.45) is -2.21. The average Bonchev–Trinajstić information content (AvgIpc) is 2.00. The van der Waals surface area contributed by atoms with Crippen LogP contribution in [0.25, 0.3) is 0 Å². The Balaban J connectivity index is 4.67. The zero-order chi connectivity index (χ0) is 11.2. The SMILES string of the molecule is C=C(Cl)/C=C(\C=N/CCC)C(F)(F)F. The minimum Gasteiger partial charge on any atom is -0.293 e. The van der Waals surface area contributed by atoms with Crippen molar-refractivity contribution < 1.29 is 13.2 Å². The minimum absolute atomic E-state index is 0.166. The lowest BCUT2D eigenvalue weighted by atomic mass is 10.2. The number of allylic oxidation sites excluding steroid dienone is 3. The van der Waals surface area contributed by atoms with E-state index in [1.807, 2.05) is 6.92 Å². The summed E-state index contributed by atoms with van der Waals surface area (Å²) < 4.78 is 36.7. The second-order valence-corrected chi connectivity index (χ2v) is 3.07. The highest BCUT2D eigenvalue weighted by Crippen LogP contribution is 2.25. The van der Waals surface area contributed by atoms with Crippen molar-refractivity contribution >= 4 is 17.8 Å². The van der Waals surface area contributed by atoms with E-state index >= 15 is 0 Å². The summed E-state index contributed by atoms with van der Waals surface area (Å²) in [5.74, 6) is 0. The molecule has 0 bridgehead atoms. The molecular formula is C9H11ClF3N. The zero-order valence-electron chi connectivity index (χ0n) is 7.74. The molecule has 0 aliphatic carbocycles. The van der Waals surface area contributed by atoms with Gasteiger partial charge in [0.1, 0.15) is 0 Å². The molecule has 0 saturated heterocycles. The van der Waals surface area contributed by atoms with E-state index in [4.69, 9.17) is 11.6 Å². The van der Waals surface area contributed by atoms with Crippen molar-refractivity contribution in [3.8, 4) is 0 Å². The number of rotatable bonds is 4. The second kappa shape index (κ2) is 5.86. The van der Waals surface area contributed by atoms with Gasteiger partial charge in [-0.1, -0.05) is 25.1 Å². The molecule has 0 atom stereocenters. The Morgan fingerprint density at radius 1 is 1.50 bits per heavy atom. The molecule has 0 heterocycles. The third-order valence-electron chi connectivity index (χ3n) is 1.22. The summed E-state index contributed by atoms with van der Waals surface area (Å²) in [5, 5.41) is -0.166. The summed E-state index contributed by atoms with van der Waals surface area (Å²) in [5.41, 5.74) is -0.883. The molecule has 0 aromatic heterocycles. The Hall–Kier alpha value is -0.770. The van der Waals surface area contributed by atoms with E-state index < -0.39 is 11.7 Å². The molecule has 0 aromatic carbocycles. The molecule has 0 aromatic rings. The monoisotopic (exact) mass is 225 g/mol. The molecule has 0 fully saturated rings. The Bertz CT molecular complexity index is 253. The Morgan fingerprint density at radius 2 is 2.07 bits per heavy atom. The highest BCUT2D eigenvalue weighted by atomic mass is 35.5. The highest BCUT2D eigenvalue weighted by molar-refractivity contribution is 6.31. The van der Waals surface area contributed by atoms with Crippen molar-refractivity contribution in [2.75, 3.05) is 6.54 Å². The van der Waals surface area contributed by atoms with E-state index in [1.165, 1.54) is 0 Å². The van der Waals surface area contributed by atoms with Crippen LogP contribution in [0.1, 0.15) is 13.3 Å². The largest absolute Gasteiger partial charge is 0.417 e. The molecule has 80 valence electrons. The molecule has 1 nitrogen and oxygen atoms in total. The van der Waals surface area contributed by atoms with Gasteiger partial charge in [0.25, 0.3) is 0 Å². The lowest BCUT2D eigenvalue weighted by molar-refractivity contribution is -0.0856. The van der Waals surface area contributed by atoms with Crippen LogP contribution in [0.5, 0.6) is 0 Å². The summed E-state index contributed by atoms with van der Waals surface area (Å²) in [4.78, 5) is 3.60. The van der Waals surface area contributed by atoms with Crippen LogP contribution < -0.4 is 0 Å². The third-order valence-corrected chi connectivity index (χ3v) is 1.33. The third kappa shape index (κ3) is 5.80. The van der Waals surface area contributed by atoms with Crippen molar-refractivity contribution in [2.24, 2.45) is 4.99 Å². The maximum Gasteiger partial charge on any atom is 0.417 e. The van der Waals surface area contributed by atoms with Crippen molar-refractivity contribution in [1.82, 2.24) is 0 Å². The number of aliphatic imine (C=N–C) groups is 1. The molecule has 0 unspecified atom stereocenters. The van der Waals surface area contributed by atoms with Gasteiger partial charge in [0.15, 0.2) is 0 Å². The fourth-order valence-electron chi connectivity index (χ4n) is 0.653. The molecule has 0 amide bonds. The summed E-state index contributed by atoms with van der Waals surface area (Å²) in [6.45, 7) is 5.36. The Morgan fingerprint density at radius 3 is 2.43 bits per heavy atom. The van der Waals surface area contributed by atoms with Crippen LogP contribution in [-0.4, -0.2) is 18.9 Å². The summed E-state index contributed by atoms with van der Waals surface area (Å²) >= 11 is 5.26. The second-order valence-electron chi connectivity index (χ2n) is 2.58. The first kappa shape index (κ1) is 13.2. The molecule has 0 spiro atoms. The molecule has 14 heavy (non-hydrogen) atoms. The van der Waals surface area contributed by atoms with Crippen LogP contribution in [0.3, 0.4) is 0 Å². The lowest BCUT2D eigenvalue weighted by Gasteiger charge is -2.06. The van der Waals surface area contributed by atoms with E-state index in [2.05, 4.69) is 11.6 Å². The molecule has 0 rings (SSSR count). The van der Waals surface area contributed by atoms with Gasteiger partial charge in [-0.05, 0) is 12.5 Å². The molecule has 0 N–H and O–H groups in total. The smallest absolute Gasteiger partial charge is 0.293 e. The van der Waals surface area contributed by atoms with Gasteiger partial charge in [0.05, 0.1) is 5.57 Å². The fraction of sp³-hybridized carbons (Fsp3) is 0.444. The number of halogens is 4. The van der Waals surface area contributed by atoms with Gasteiger partial charge in [-0.2, -0.15) is 13.2 Å². The van der Waals surface area contributed by atoms with Gasteiger partial charge in [-0.15, -0.1) is 0 Å². The summed E-state index contributed by atoms with van der Waals surface area (Å²) in [6, 6.07) is 0. The maximum atomic E-state index is 12.2. The standard InChI is InChI=1S/C9H11ClF3N/c1-3-4-14-6-8(5-7(2)10)9(11,12)13/h5-6H,2-4H2,1H3/b8-5+,14-6-. The maximum absolute atomic E-state index is 12.2. The van der Waals surface area contributed by atoms with Crippen LogP contribution in [0.2, 0.25) is 0 Å². The topological polar surface area (TPSA) is 12.4 Å². The minimum atomic E-state index is -4.44. The molecule has 5 heteroatoms. The summed E-state index contributed by atoms with van der Waals surface area (Å²) in [7, 11) is 0. The highest BCUT2D eigenvalue weighted by Gasteiger charge is 2.32. The first-order valence-corrected chi connectivity index (χ1v) is 4.39. The first-order chi connectivity index (χ1) is 6.38. The van der Waals surface area contributed by atoms with Crippen molar-refractivity contribution in [2.45, 2.75) is 19.5 Å². The van der Waals surface area contributed by atoms with Crippen LogP contribution in [-0.2, 0) is 0 Å². The molecule has 0 saturated carbocycles. The van der Waals surface area contributed by atoms with Crippen LogP contribution in [0.4, 0.5) is 13.2 Å². The Labute approximate surface area is 86.0 Å². The van der Waals surface area contributed by atoms with Gasteiger partial charge < -0.3 is 0 Å². The predicted molar refractivity (Wildman–Crippen MR) is 52.8 cm³/mol. The van der Waals surface area contributed by atoms with Gasteiger partial charge in [0.2, 0.25) is 0 Å². The number of alkyl halides is 3. The fourth-order valence-corrected chi connectivity index (χ4v) is 0.771. The van der Waals surface area contributed by atoms with Crippen molar-refractivity contribution in [3.63, 3.8) is 0 Å². The van der Waals surface area contributed by atoms with Crippen molar-refractivity contribution in [3.05, 3.63) is 23.3 Å². The van der Waals surface area contributed by atoms with E-state index in [0.717, 1.165) is 12.3 Å². The lowest BCUT2D eigenvalue weighted by Crippen LogP contribution is -2.13. The van der Waals surface area contributed by atoms with E-state index in [0.29, 0.717) is 13.0 Å². The number of hydrogen-bond acceptors (Lipinski definition) is 1. The average molecular weight is 226 g/mol. The van der Waals surface area contributed by atoms with Gasteiger partial charge in [-0.3, -0.25) is 4.99 Å². The van der Waals surface area contributed by atoms with Crippen LogP contribution >= 0.6 is 11.6 Å².